The molecule has 28 heavy (non-hydrogen) atoms. The van der Waals surface area contributed by atoms with Crippen molar-refractivity contribution in [1.29, 1.82) is 0 Å². The normalized spacial score (nSPS) is 16.1. The topological polar surface area (TPSA) is 43.0 Å². The van der Waals surface area contributed by atoms with E-state index in [9.17, 15) is 0 Å². The molecule has 0 bridgehead atoms. The van der Waals surface area contributed by atoms with E-state index in [1.807, 2.05) is 11.3 Å². The molecule has 0 radical (unpaired) electrons. The Balaban J connectivity index is 1.85. The predicted molar refractivity (Wildman–Crippen MR) is 114 cm³/mol. The third kappa shape index (κ3) is 3.55. The second kappa shape index (κ2) is 8.39. The lowest BCUT2D eigenvalue weighted by Gasteiger charge is -2.35. The van der Waals surface area contributed by atoms with Crippen molar-refractivity contribution in [1.82, 2.24) is 10.2 Å². The summed E-state index contributed by atoms with van der Waals surface area (Å²) >= 11 is 1.86. The van der Waals surface area contributed by atoms with Crippen LogP contribution < -0.4 is 19.5 Å². The number of ether oxygens (including phenoxy) is 3. The van der Waals surface area contributed by atoms with Crippen molar-refractivity contribution in [2.75, 3.05) is 47.5 Å². The van der Waals surface area contributed by atoms with Gasteiger partial charge >= 0.3 is 0 Å². The van der Waals surface area contributed by atoms with Gasteiger partial charge in [-0.05, 0) is 35.2 Å². The van der Waals surface area contributed by atoms with Crippen LogP contribution >= 0.6 is 11.3 Å². The molecule has 0 amide bonds. The summed E-state index contributed by atoms with van der Waals surface area (Å²) in [6.07, 6.45) is 0. The Hall–Kier alpha value is -2.28. The second-order valence-corrected chi connectivity index (χ2v) is 7.95. The molecule has 4 rings (SSSR count). The van der Waals surface area contributed by atoms with Crippen molar-refractivity contribution in [3.63, 3.8) is 0 Å². The maximum Gasteiger partial charge on any atom is 0.203 e. The number of hydrogen-bond donors (Lipinski definition) is 1. The Kier molecular flexibility index (Phi) is 5.71. The lowest BCUT2D eigenvalue weighted by Crippen LogP contribution is -2.45. The molecule has 3 aromatic rings. The van der Waals surface area contributed by atoms with E-state index in [0.717, 1.165) is 31.7 Å². The molecule has 0 saturated carbocycles. The SMILES string of the molecule is COc1cc(C(c2cc3ccccc3s2)N2CCNCC2)cc(OC)c1OC. The highest BCUT2D eigenvalue weighted by atomic mass is 32.1. The molecule has 5 nitrogen and oxygen atoms in total. The molecule has 0 aliphatic carbocycles. The smallest absolute Gasteiger partial charge is 0.203 e. The predicted octanol–water partition coefficient (Wildman–Crippen LogP) is 3.92. The summed E-state index contributed by atoms with van der Waals surface area (Å²) in [5.41, 5.74) is 1.16. The van der Waals surface area contributed by atoms with Crippen LogP contribution in [0.25, 0.3) is 10.1 Å². The van der Waals surface area contributed by atoms with Gasteiger partial charge in [0.1, 0.15) is 0 Å². The van der Waals surface area contributed by atoms with Crippen LogP contribution in [0.4, 0.5) is 0 Å². The number of hydrogen-bond acceptors (Lipinski definition) is 6. The Labute approximate surface area is 169 Å². The molecule has 1 aliphatic rings. The van der Waals surface area contributed by atoms with Crippen LogP contribution in [0.3, 0.4) is 0 Å². The number of nitrogens with one attached hydrogen (secondary N) is 1. The summed E-state index contributed by atoms with van der Waals surface area (Å²) in [6, 6.07) is 15.2. The van der Waals surface area contributed by atoms with Crippen LogP contribution in [0.2, 0.25) is 0 Å². The zero-order valence-electron chi connectivity index (χ0n) is 16.5. The minimum Gasteiger partial charge on any atom is -0.493 e. The first-order valence-corrected chi connectivity index (χ1v) is 10.3. The lowest BCUT2D eigenvalue weighted by atomic mass is 10.0. The van der Waals surface area contributed by atoms with E-state index in [-0.39, 0.29) is 6.04 Å². The van der Waals surface area contributed by atoms with E-state index in [1.54, 1.807) is 21.3 Å². The number of nitrogens with zero attached hydrogens (tertiary/aromatic N) is 1. The van der Waals surface area contributed by atoms with E-state index < -0.39 is 0 Å². The van der Waals surface area contributed by atoms with Gasteiger partial charge in [-0.25, -0.2) is 0 Å². The fourth-order valence-electron chi connectivity index (χ4n) is 3.89. The maximum absolute atomic E-state index is 5.62. The molecule has 1 fully saturated rings. The van der Waals surface area contributed by atoms with Crippen molar-refractivity contribution in [2.45, 2.75) is 6.04 Å². The molecule has 1 saturated heterocycles. The van der Waals surface area contributed by atoms with Crippen molar-refractivity contribution in [3.05, 3.63) is 52.9 Å². The molecule has 6 heteroatoms. The first-order valence-electron chi connectivity index (χ1n) is 9.48. The van der Waals surface area contributed by atoms with Gasteiger partial charge in [-0.1, -0.05) is 18.2 Å². The van der Waals surface area contributed by atoms with Gasteiger partial charge in [0.25, 0.3) is 0 Å². The lowest BCUT2D eigenvalue weighted by molar-refractivity contribution is 0.200. The zero-order valence-corrected chi connectivity index (χ0v) is 17.3. The number of thiophene rings is 1. The first-order chi connectivity index (χ1) is 13.7. The standard InChI is InChI=1S/C22H26N2O3S/c1-25-17-12-16(13-18(26-2)22(17)27-3)21(24-10-8-23-9-11-24)20-14-15-6-4-5-7-19(15)28-20/h4-7,12-14,21,23H,8-11H2,1-3H3. The van der Waals surface area contributed by atoms with E-state index in [4.69, 9.17) is 14.2 Å². The molecular weight excluding hydrogens is 372 g/mol. The number of benzene rings is 2. The maximum atomic E-state index is 5.62. The first kappa shape index (κ1) is 19.1. The van der Waals surface area contributed by atoms with Gasteiger partial charge in [-0.3, -0.25) is 4.90 Å². The minimum absolute atomic E-state index is 0.146. The average Bonchev–Trinajstić information content (AvgIpc) is 3.17. The van der Waals surface area contributed by atoms with Gasteiger partial charge < -0.3 is 19.5 Å². The summed E-state index contributed by atoms with van der Waals surface area (Å²) in [7, 11) is 4.97. The highest BCUT2D eigenvalue weighted by Gasteiger charge is 2.28. The largest absolute Gasteiger partial charge is 0.493 e. The van der Waals surface area contributed by atoms with Crippen LogP contribution in [0.5, 0.6) is 17.2 Å². The van der Waals surface area contributed by atoms with Gasteiger partial charge in [0.15, 0.2) is 11.5 Å². The quantitative estimate of drug-likeness (QED) is 0.682. The molecule has 1 atom stereocenters. The van der Waals surface area contributed by atoms with Gasteiger partial charge in [-0.15, -0.1) is 11.3 Å². The third-order valence-electron chi connectivity index (χ3n) is 5.23. The fourth-order valence-corrected chi connectivity index (χ4v) is 5.12. The third-order valence-corrected chi connectivity index (χ3v) is 6.40. The van der Waals surface area contributed by atoms with E-state index >= 15 is 0 Å². The van der Waals surface area contributed by atoms with E-state index in [2.05, 4.69) is 52.7 Å². The summed E-state index contributed by atoms with van der Waals surface area (Å²) in [5, 5.41) is 4.74. The van der Waals surface area contributed by atoms with Crippen LogP contribution in [-0.4, -0.2) is 52.4 Å². The Morgan fingerprint density at radius 2 is 1.61 bits per heavy atom. The minimum atomic E-state index is 0.146. The van der Waals surface area contributed by atoms with Crippen LogP contribution in [0.15, 0.2) is 42.5 Å². The average molecular weight is 399 g/mol. The van der Waals surface area contributed by atoms with E-state index in [1.165, 1.54) is 15.0 Å². The molecule has 148 valence electrons. The van der Waals surface area contributed by atoms with E-state index in [0.29, 0.717) is 17.2 Å². The molecule has 0 spiro atoms. The highest BCUT2D eigenvalue weighted by Crippen LogP contribution is 2.44. The molecular formula is C22H26N2O3S. The molecule has 1 aliphatic heterocycles. The molecule has 2 heterocycles. The Morgan fingerprint density at radius 1 is 0.929 bits per heavy atom. The van der Waals surface area contributed by atoms with Crippen molar-refractivity contribution < 1.29 is 14.2 Å². The van der Waals surface area contributed by atoms with Crippen molar-refractivity contribution >= 4 is 21.4 Å². The monoisotopic (exact) mass is 398 g/mol. The van der Waals surface area contributed by atoms with Gasteiger partial charge in [0, 0.05) is 35.8 Å². The van der Waals surface area contributed by atoms with Crippen LogP contribution in [0.1, 0.15) is 16.5 Å². The molecule has 1 aromatic heterocycles. The molecule has 1 N–H and O–H groups in total. The van der Waals surface area contributed by atoms with Crippen molar-refractivity contribution in [3.8, 4) is 17.2 Å². The van der Waals surface area contributed by atoms with Crippen molar-refractivity contribution in [2.24, 2.45) is 0 Å². The number of fused-ring (bicyclic) bond motifs is 1. The summed E-state index contributed by atoms with van der Waals surface area (Å²) in [5.74, 6) is 2.01. The fraction of sp³-hybridized carbons (Fsp3) is 0.364. The second-order valence-electron chi connectivity index (χ2n) is 6.83. The summed E-state index contributed by atoms with van der Waals surface area (Å²) in [4.78, 5) is 3.86. The highest BCUT2D eigenvalue weighted by molar-refractivity contribution is 7.19. The molecule has 2 aromatic carbocycles. The summed E-state index contributed by atoms with van der Waals surface area (Å²) in [6.45, 7) is 3.97. The number of rotatable bonds is 6. The zero-order chi connectivity index (χ0) is 19.5. The Morgan fingerprint density at radius 3 is 2.21 bits per heavy atom. The van der Waals surface area contributed by atoms with Gasteiger partial charge in [0.2, 0.25) is 5.75 Å². The van der Waals surface area contributed by atoms with Crippen LogP contribution in [0, 0.1) is 0 Å². The Bertz CT molecular complexity index is 892. The van der Waals surface area contributed by atoms with Gasteiger partial charge in [0.05, 0.1) is 27.4 Å². The van der Waals surface area contributed by atoms with Crippen LogP contribution in [-0.2, 0) is 0 Å². The summed E-state index contributed by atoms with van der Waals surface area (Å²) < 4.78 is 18.1. The number of piperazine rings is 1. The van der Waals surface area contributed by atoms with Gasteiger partial charge in [-0.2, -0.15) is 0 Å². The molecule has 1 unspecified atom stereocenters. The number of methoxy groups -OCH3 is 3.